The van der Waals surface area contributed by atoms with Crippen LogP contribution in [-0.2, 0) is 0 Å². The van der Waals surface area contributed by atoms with Crippen molar-refractivity contribution in [1.29, 1.82) is 0 Å². The standard InChI is InChI=1S/C16H18.C2H6/c1-12(2)14-9-6-7-11-16(14)15-10-5-4-8-13(15)3;1-2/h4-12H,1-3H3;1-2H3. The van der Waals surface area contributed by atoms with Crippen molar-refractivity contribution in [1.82, 2.24) is 0 Å². The average Bonchev–Trinajstić information content (AvgIpc) is 2.41. The zero-order chi connectivity index (χ0) is 13.5. The summed E-state index contributed by atoms with van der Waals surface area (Å²) < 4.78 is 0. The normalized spacial score (nSPS) is 9.89. The number of hydrogen-bond acceptors (Lipinski definition) is 0. The lowest BCUT2D eigenvalue weighted by Crippen LogP contribution is -1.93. The van der Waals surface area contributed by atoms with E-state index in [0.29, 0.717) is 5.92 Å². The van der Waals surface area contributed by atoms with Crippen LogP contribution in [-0.4, -0.2) is 0 Å². The van der Waals surface area contributed by atoms with Crippen LogP contribution in [0.4, 0.5) is 0 Å². The number of hydrogen-bond donors (Lipinski definition) is 0. The molecule has 0 radical (unpaired) electrons. The van der Waals surface area contributed by atoms with E-state index in [-0.39, 0.29) is 0 Å². The van der Waals surface area contributed by atoms with Gasteiger partial charge in [-0.3, -0.25) is 0 Å². The van der Waals surface area contributed by atoms with Gasteiger partial charge in [-0.1, -0.05) is 76.2 Å². The summed E-state index contributed by atoms with van der Waals surface area (Å²) in [7, 11) is 0. The van der Waals surface area contributed by atoms with Gasteiger partial charge in [0, 0.05) is 0 Å². The highest BCUT2D eigenvalue weighted by molar-refractivity contribution is 5.70. The van der Waals surface area contributed by atoms with Gasteiger partial charge in [0.05, 0.1) is 0 Å². The molecule has 0 amide bonds. The predicted octanol–water partition coefficient (Wildman–Crippen LogP) is 5.81. The van der Waals surface area contributed by atoms with Crippen molar-refractivity contribution in [3.8, 4) is 11.1 Å². The Bertz CT molecular complexity index is 481. The molecule has 96 valence electrons. The lowest BCUT2D eigenvalue weighted by molar-refractivity contribution is 0.869. The molecule has 0 N–H and O–H groups in total. The van der Waals surface area contributed by atoms with Crippen LogP contribution >= 0.6 is 0 Å². The summed E-state index contributed by atoms with van der Waals surface area (Å²) in [5, 5.41) is 0. The lowest BCUT2D eigenvalue weighted by atomic mass is 9.91. The van der Waals surface area contributed by atoms with Gasteiger partial charge in [-0.25, -0.2) is 0 Å². The van der Waals surface area contributed by atoms with Crippen LogP contribution in [0.15, 0.2) is 48.5 Å². The van der Waals surface area contributed by atoms with Gasteiger partial charge in [-0.2, -0.15) is 0 Å². The van der Waals surface area contributed by atoms with Gasteiger partial charge in [0.2, 0.25) is 0 Å². The van der Waals surface area contributed by atoms with Crippen LogP contribution in [0.5, 0.6) is 0 Å². The lowest BCUT2D eigenvalue weighted by Gasteiger charge is -2.14. The number of rotatable bonds is 2. The van der Waals surface area contributed by atoms with E-state index in [1.807, 2.05) is 13.8 Å². The Morgan fingerprint density at radius 2 is 1.22 bits per heavy atom. The summed E-state index contributed by atoms with van der Waals surface area (Å²) in [4.78, 5) is 0. The third-order valence-electron chi connectivity index (χ3n) is 3.02. The van der Waals surface area contributed by atoms with Crippen molar-refractivity contribution in [3.63, 3.8) is 0 Å². The highest BCUT2D eigenvalue weighted by Crippen LogP contribution is 2.30. The summed E-state index contributed by atoms with van der Waals surface area (Å²) in [6.07, 6.45) is 0. The van der Waals surface area contributed by atoms with Crippen molar-refractivity contribution in [3.05, 3.63) is 59.7 Å². The third-order valence-corrected chi connectivity index (χ3v) is 3.02. The fraction of sp³-hybridized carbons (Fsp3) is 0.333. The van der Waals surface area contributed by atoms with Crippen LogP contribution in [0.25, 0.3) is 11.1 Å². The number of benzene rings is 2. The summed E-state index contributed by atoms with van der Waals surface area (Å²) >= 11 is 0. The maximum atomic E-state index is 2.25. The molecule has 0 heteroatoms. The highest BCUT2D eigenvalue weighted by atomic mass is 14.1. The SMILES string of the molecule is CC.Cc1ccccc1-c1ccccc1C(C)C. The van der Waals surface area contributed by atoms with Gasteiger partial charge >= 0.3 is 0 Å². The fourth-order valence-corrected chi connectivity index (χ4v) is 2.12. The van der Waals surface area contributed by atoms with Crippen molar-refractivity contribution < 1.29 is 0 Å². The van der Waals surface area contributed by atoms with E-state index in [9.17, 15) is 0 Å². The van der Waals surface area contributed by atoms with Crippen molar-refractivity contribution in [2.45, 2.75) is 40.5 Å². The zero-order valence-electron chi connectivity index (χ0n) is 12.2. The maximum Gasteiger partial charge on any atom is -0.0147 e. The first-order valence-electron chi connectivity index (χ1n) is 6.85. The first-order valence-corrected chi connectivity index (χ1v) is 6.85. The Kier molecular flexibility index (Phi) is 5.64. The highest BCUT2D eigenvalue weighted by Gasteiger charge is 2.08. The van der Waals surface area contributed by atoms with E-state index in [4.69, 9.17) is 0 Å². The van der Waals surface area contributed by atoms with E-state index in [2.05, 4.69) is 69.3 Å². The van der Waals surface area contributed by atoms with Gasteiger partial charge in [0.15, 0.2) is 0 Å². The molecule has 0 bridgehead atoms. The smallest absolute Gasteiger partial charge is 0.0147 e. The molecule has 0 heterocycles. The molecule has 0 saturated carbocycles. The Labute approximate surface area is 112 Å². The van der Waals surface area contributed by atoms with E-state index in [0.717, 1.165) is 0 Å². The Morgan fingerprint density at radius 3 is 1.78 bits per heavy atom. The monoisotopic (exact) mass is 240 g/mol. The number of aryl methyl sites for hydroxylation is 1. The molecular weight excluding hydrogens is 216 g/mol. The van der Waals surface area contributed by atoms with Crippen molar-refractivity contribution in [2.75, 3.05) is 0 Å². The van der Waals surface area contributed by atoms with Crippen LogP contribution in [0, 0.1) is 6.92 Å². The van der Waals surface area contributed by atoms with E-state index >= 15 is 0 Å². The quantitative estimate of drug-likeness (QED) is 0.621. The van der Waals surface area contributed by atoms with Crippen molar-refractivity contribution in [2.24, 2.45) is 0 Å². The third kappa shape index (κ3) is 3.22. The summed E-state index contributed by atoms with van der Waals surface area (Å²) in [5.74, 6) is 0.566. The summed E-state index contributed by atoms with van der Waals surface area (Å²) in [6, 6.07) is 17.3. The molecule has 2 aromatic rings. The minimum Gasteiger partial charge on any atom is -0.0683 e. The molecule has 0 nitrogen and oxygen atoms in total. The van der Waals surface area contributed by atoms with E-state index in [1.54, 1.807) is 0 Å². The molecule has 2 rings (SSSR count). The zero-order valence-corrected chi connectivity index (χ0v) is 12.2. The molecule has 0 aliphatic carbocycles. The molecule has 0 fully saturated rings. The Hall–Kier alpha value is -1.56. The molecular formula is C18H24. The van der Waals surface area contributed by atoms with Crippen LogP contribution in [0.3, 0.4) is 0 Å². The second-order valence-electron chi connectivity index (χ2n) is 4.56. The Morgan fingerprint density at radius 1 is 0.722 bits per heavy atom. The Balaban J connectivity index is 0.000000771. The molecule has 0 saturated heterocycles. The topological polar surface area (TPSA) is 0 Å². The van der Waals surface area contributed by atoms with Crippen LogP contribution < -0.4 is 0 Å². The molecule has 0 aliphatic rings. The second kappa shape index (κ2) is 7.00. The van der Waals surface area contributed by atoms with Crippen LogP contribution in [0.1, 0.15) is 44.7 Å². The predicted molar refractivity (Wildman–Crippen MR) is 82.1 cm³/mol. The van der Waals surface area contributed by atoms with Gasteiger partial charge in [0.25, 0.3) is 0 Å². The molecule has 0 atom stereocenters. The largest absolute Gasteiger partial charge is 0.0683 e. The first kappa shape index (κ1) is 14.5. The van der Waals surface area contributed by atoms with Crippen molar-refractivity contribution >= 4 is 0 Å². The van der Waals surface area contributed by atoms with Gasteiger partial charge in [-0.05, 0) is 35.1 Å². The second-order valence-corrected chi connectivity index (χ2v) is 4.56. The minimum absolute atomic E-state index is 0.566. The molecule has 2 aromatic carbocycles. The molecule has 18 heavy (non-hydrogen) atoms. The van der Waals surface area contributed by atoms with Gasteiger partial charge in [-0.15, -0.1) is 0 Å². The van der Waals surface area contributed by atoms with Gasteiger partial charge < -0.3 is 0 Å². The minimum atomic E-state index is 0.566. The fourth-order valence-electron chi connectivity index (χ4n) is 2.12. The van der Waals surface area contributed by atoms with E-state index in [1.165, 1.54) is 22.3 Å². The molecule has 0 aliphatic heterocycles. The first-order chi connectivity index (χ1) is 8.70. The van der Waals surface area contributed by atoms with Crippen LogP contribution in [0.2, 0.25) is 0 Å². The summed E-state index contributed by atoms with van der Waals surface area (Å²) in [6.45, 7) is 10.7. The average molecular weight is 240 g/mol. The molecule has 0 aromatic heterocycles. The van der Waals surface area contributed by atoms with E-state index < -0.39 is 0 Å². The molecule has 0 unspecified atom stereocenters. The summed E-state index contributed by atoms with van der Waals surface area (Å²) in [5.41, 5.74) is 5.50. The van der Waals surface area contributed by atoms with Gasteiger partial charge in [0.1, 0.15) is 0 Å². The maximum absolute atomic E-state index is 2.25. The molecule has 0 spiro atoms.